The van der Waals surface area contributed by atoms with Crippen LogP contribution in [0.25, 0.3) is 28.1 Å². The molecule has 0 saturated heterocycles. The van der Waals surface area contributed by atoms with Crippen molar-refractivity contribution >= 4 is 51.0 Å². The van der Waals surface area contributed by atoms with Crippen molar-refractivity contribution in [3.63, 3.8) is 0 Å². The lowest BCUT2D eigenvalue weighted by Gasteiger charge is -2.41. The number of aromatic nitrogens is 3. The van der Waals surface area contributed by atoms with E-state index in [1.807, 2.05) is 6.92 Å². The van der Waals surface area contributed by atoms with Crippen molar-refractivity contribution in [2.75, 3.05) is 19.6 Å². The largest absolute Gasteiger partial charge is 0.430 e. The first-order chi connectivity index (χ1) is 40.2. The zero-order chi connectivity index (χ0) is 62.6. The van der Waals surface area contributed by atoms with Gasteiger partial charge in [0.25, 0.3) is 20.2 Å². The van der Waals surface area contributed by atoms with E-state index in [4.69, 9.17) is 18.5 Å². The molecule has 0 amide bonds. The monoisotopic (exact) mass is 1280 g/mol. The van der Waals surface area contributed by atoms with Gasteiger partial charge in [-0.1, -0.05) is 6.92 Å². The predicted octanol–water partition coefficient (Wildman–Crippen LogP) is 6.09. The Balaban J connectivity index is 1.26. The third-order valence-corrected chi connectivity index (χ3v) is 21.2. The zero-order valence-corrected chi connectivity index (χ0v) is 47.0. The van der Waals surface area contributed by atoms with Gasteiger partial charge < -0.3 is 25.7 Å². The Kier molecular flexibility index (Phi) is 13.6. The molecule has 0 saturated carbocycles. The van der Waals surface area contributed by atoms with E-state index in [2.05, 4.69) is 5.32 Å². The number of hydrogen-bond acceptors (Lipinski definition) is 11. The van der Waals surface area contributed by atoms with Crippen molar-refractivity contribution in [1.29, 1.82) is 0 Å². The average Bonchev–Trinajstić information content (AvgIpc) is 1.44. The molecule has 12 rings (SSSR count). The van der Waals surface area contributed by atoms with E-state index in [1.165, 1.54) is 6.92 Å². The highest BCUT2D eigenvalue weighted by Crippen LogP contribution is 2.59. The van der Waals surface area contributed by atoms with Crippen LogP contribution in [0.15, 0.2) is 51.9 Å². The standard InChI is InChI=1S/C53H40F15N6O9S2Si/c1-16(14-70-11-10-69)15-86(4,5)83-18(3)50(76)52-51(17(2)75)81-84(77,78)25-12-23-28(31-35(56)41(62)46(67)42(63)36(31)57)21-7-6-19-27(30-33(54)39(60)45(66)40(61)34(30)55)20-8-9-22-29(32-37(58)43(64)47(68)44(65)38(32)59)49-26(85(79,80)82-52)13-24-48(25)73(23)53(71(19)21,72(20)22)74(24)49/h6-9,12-13,16-18,50-52,70,75-76H,10-11,14-15,69H2,1-5H3/q+1. The predicted molar refractivity (Wildman–Crippen MR) is 269 cm³/mol. The van der Waals surface area contributed by atoms with E-state index < -0.39 is 240 Å². The summed E-state index contributed by atoms with van der Waals surface area (Å²) in [5.74, 6) is -43.3. The molecule has 33 heteroatoms. The van der Waals surface area contributed by atoms with Gasteiger partial charge in [-0.2, -0.15) is 16.8 Å². The Hall–Kier alpha value is -6.82. The lowest BCUT2D eigenvalue weighted by Crippen LogP contribution is -2.67. The minimum atomic E-state index is -6.07. The second-order valence-electron chi connectivity index (χ2n) is 21.7. The highest BCUT2D eigenvalue weighted by molar-refractivity contribution is 7.87. The molecule has 0 radical (unpaired) electrons. The molecule has 2 bridgehead atoms. The number of allylic oxidation sites excluding steroid dienone is 2. The lowest BCUT2D eigenvalue weighted by molar-refractivity contribution is -0.610. The highest BCUT2D eigenvalue weighted by Gasteiger charge is 2.69. The molecule has 6 aromatic rings. The first-order valence-electron chi connectivity index (χ1n) is 25.7. The van der Waals surface area contributed by atoms with Crippen molar-refractivity contribution in [1.82, 2.24) is 19.0 Å². The van der Waals surface area contributed by atoms with Crippen molar-refractivity contribution in [2.24, 2.45) is 11.7 Å². The summed E-state index contributed by atoms with van der Waals surface area (Å²) in [6.07, 6.45) is -10.3. The quantitative estimate of drug-likeness (QED) is 0.0188. The molecule has 86 heavy (non-hydrogen) atoms. The Bertz CT molecular complexity index is 4510. The molecule has 3 aromatic carbocycles. The van der Waals surface area contributed by atoms with Gasteiger partial charge in [0.15, 0.2) is 78.1 Å². The number of halogens is 15. The molecule has 456 valence electrons. The Morgan fingerprint density at radius 2 is 1.05 bits per heavy atom. The summed E-state index contributed by atoms with van der Waals surface area (Å²) in [6.45, 7) is 8.43. The summed E-state index contributed by atoms with van der Waals surface area (Å²) < 4.78 is 322. The van der Waals surface area contributed by atoms with Crippen LogP contribution >= 0.6 is 0 Å². The number of nitrogens with two attached hydrogens (primary N) is 1. The van der Waals surface area contributed by atoms with Gasteiger partial charge in [0.1, 0.15) is 28.1 Å². The van der Waals surface area contributed by atoms with Gasteiger partial charge in [-0.05, 0) is 69.7 Å². The maximum atomic E-state index is 16.9. The molecule has 7 unspecified atom stereocenters. The van der Waals surface area contributed by atoms with Gasteiger partial charge in [0.05, 0.1) is 73.5 Å². The molecule has 5 N–H and O–H groups in total. The van der Waals surface area contributed by atoms with E-state index in [9.17, 15) is 19.0 Å². The molecular formula is C53H40F15N6O9S2Si+. The number of nitrogens with zero attached hydrogens (tertiary/aromatic N) is 4. The summed E-state index contributed by atoms with van der Waals surface area (Å²) in [4.78, 5) is -2.73. The average molecular weight is 1280 g/mol. The molecule has 7 atom stereocenters. The van der Waals surface area contributed by atoms with E-state index in [-0.39, 0.29) is 5.92 Å². The SMILES string of the molecule is CC(CNCCN)C[Si](C)(C)OC(C)C(O)C1OS(=O)(=O)c2cc3n4c2C(c2c(F)c(F)c(F)c(F)c2F)=C2C=CC5=[N+]2C42n4c(cc(c4-3)S(=O)(=O)OC1C(C)O)C(c1c(F)c(F)c(F)c(F)c1F)=c1ccc(n12)=C5c1c(F)c(F)c(F)c(F)c1F. The Morgan fingerprint density at radius 1 is 0.616 bits per heavy atom. The minimum Gasteiger partial charge on any atom is -0.412 e. The number of aliphatic hydroxyl groups is 2. The molecule has 15 nitrogen and oxygen atoms in total. The van der Waals surface area contributed by atoms with Crippen LogP contribution in [-0.2, 0) is 38.9 Å². The molecular weight excluding hydrogens is 1240 g/mol. The van der Waals surface area contributed by atoms with Crippen LogP contribution < -0.4 is 21.7 Å². The third kappa shape index (κ3) is 7.76. The number of aliphatic hydroxyl groups excluding tert-OH is 2. The number of rotatable bonds is 14. The summed E-state index contributed by atoms with van der Waals surface area (Å²) in [6, 6.07) is 2.79. The van der Waals surface area contributed by atoms with Crippen LogP contribution in [0, 0.1) is 93.2 Å². The van der Waals surface area contributed by atoms with E-state index in [0.717, 1.165) is 13.0 Å². The summed E-state index contributed by atoms with van der Waals surface area (Å²) in [5.41, 5.74) is -10.2. The summed E-state index contributed by atoms with van der Waals surface area (Å²) in [7, 11) is -15.1. The Labute approximate surface area is 475 Å². The van der Waals surface area contributed by atoms with E-state index in [1.54, 1.807) is 13.1 Å². The fourth-order valence-electron chi connectivity index (χ4n) is 12.7. The van der Waals surface area contributed by atoms with Gasteiger partial charge in [-0.3, -0.25) is 8.37 Å². The highest BCUT2D eigenvalue weighted by atomic mass is 32.2. The second kappa shape index (κ2) is 19.6. The first kappa shape index (κ1) is 59.5. The minimum absolute atomic E-state index is 0.123. The fourth-order valence-corrected chi connectivity index (χ4v) is 18.4. The van der Waals surface area contributed by atoms with E-state index in [0.29, 0.717) is 74.3 Å². The fraction of sp³-hybridized carbons (Fsp3) is 0.302. The van der Waals surface area contributed by atoms with Crippen molar-refractivity contribution in [2.45, 2.75) is 86.1 Å². The first-order valence-corrected chi connectivity index (χ1v) is 31.6. The second-order valence-corrected chi connectivity index (χ2v) is 29.0. The van der Waals surface area contributed by atoms with Gasteiger partial charge in [-0.15, -0.1) is 4.58 Å². The molecule has 9 heterocycles. The Morgan fingerprint density at radius 3 is 1.55 bits per heavy atom. The normalized spacial score (nSPS) is 21.7. The van der Waals surface area contributed by atoms with Crippen LogP contribution in [0.1, 0.15) is 48.8 Å². The molecule has 1 spiro atoms. The topological polar surface area (TPSA) is 192 Å². The van der Waals surface area contributed by atoms with Crippen LogP contribution in [0.4, 0.5) is 65.9 Å². The van der Waals surface area contributed by atoms with Crippen LogP contribution in [0.5, 0.6) is 0 Å². The summed E-state index contributed by atoms with van der Waals surface area (Å²) >= 11 is 0. The van der Waals surface area contributed by atoms with Crippen LogP contribution in [0.2, 0.25) is 19.1 Å². The van der Waals surface area contributed by atoms with Crippen molar-refractivity contribution in [3.05, 3.63) is 168 Å². The molecule has 0 aliphatic carbocycles. The number of hydrogen-bond donors (Lipinski definition) is 4. The van der Waals surface area contributed by atoms with Crippen molar-refractivity contribution < 1.29 is 110 Å². The molecule has 6 aliphatic rings. The molecule has 0 fully saturated rings. The summed E-state index contributed by atoms with van der Waals surface area (Å²) in [5, 5.41) is 25.1. The van der Waals surface area contributed by atoms with Gasteiger partial charge in [0.2, 0.25) is 28.9 Å². The smallest absolute Gasteiger partial charge is 0.412 e. The number of fused-ring (bicyclic) bond motifs is 2. The number of benzene rings is 3. The zero-order valence-electron chi connectivity index (χ0n) is 44.4. The van der Waals surface area contributed by atoms with E-state index >= 15 is 73.9 Å². The maximum Gasteiger partial charge on any atom is 0.430 e. The third-order valence-electron chi connectivity index (χ3n) is 15.8. The van der Waals surface area contributed by atoms with Gasteiger partial charge in [0, 0.05) is 30.8 Å². The van der Waals surface area contributed by atoms with Gasteiger partial charge in [-0.25, -0.2) is 79.6 Å². The van der Waals surface area contributed by atoms with Crippen molar-refractivity contribution in [3.8, 4) is 11.4 Å². The molecule has 6 aliphatic heterocycles. The number of nitrogens with one attached hydrogen (secondary N) is 1. The lowest BCUT2D eigenvalue weighted by atomic mass is 9.94. The van der Waals surface area contributed by atoms with Crippen LogP contribution in [0.3, 0.4) is 0 Å². The molecule has 3 aromatic heterocycles. The van der Waals surface area contributed by atoms with Gasteiger partial charge >= 0.3 is 5.91 Å². The van der Waals surface area contributed by atoms with Crippen LogP contribution in [-0.4, -0.2) is 110 Å². The maximum absolute atomic E-state index is 16.9.